The third-order valence-electron chi connectivity index (χ3n) is 5.76. The van der Waals surface area contributed by atoms with Gasteiger partial charge in [-0.15, -0.1) is 0 Å². The first-order chi connectivity index (χ1) is 13.0. The summed E-state index contributed by atoms with van der Waals surface area (Å²) in [5.74, 6) is 0.296. The van der Waals surface area contributed by atoms with Crippen molar-refractivity contribution in [3.8, 4) is 0 Å². The van der Waals surface area contributed by atoms with Gasteiger partial charge in [-0.25, -0.2) is 5.43 Å². The summed E-state index contributed by atoms with van der Waals surface area (Å²) in [6, 6.07) is 7.59. The number of benzene rings is 1. The van der Waals surface area contributed by atoms with E-state index >= 15 is 0 Å². The summed E-state index contributed by atoms with van der Waals surface area (Å²) in [6.45, 7) is 0. The van der Waals surface area contributed by atoms with Gasteiger partial charge < -0.3 is 4.55 Å². The second-order valence-corrected chi connectivity index (χ2v) is 9.30. The molecule has 0 saturated carbocycles. The summed E-state index contributed by atoms with van der Waals surface area (Å²) in [7, 11) is 0. The molecule has 1 heterocycles. The van der Waals surface area contributed by atoms with E-state index in [0.29, 0.717) is 16.5 Å². The Morgan fingerprint density at radius 1 is 1.41 bits per heavy atom. The molecule has 0 saturated heterocycles. The molecule has 0 amide bonds. The molecule has 1 N–H and O–H groups in total. The smallest absolute Gasteiger partial charge is 0.213 e. The fourth-order valence-electron chi connectivity index (χ4n) is 4.67. The number of halogens is 1. The van der Waals surface area contributed by atoms with Crippen LogP contribution in [-0.4, -0.2) is 27.9 Å². The number of hydrogen-bond acceptors (Lipinski definition) is 4. The number of Topliss-reactive ketones (excluding diaryl/α,β-unsaturated/α-hetero) is 1. The zero-order chi connectivity index (χ0) is 18.8. The number of carbonyl (C=O) groups excluding carboxylic acids is 1. The fourth-order valence-corrected chi connectivity index (χ4v) is 5.32. The van der Waals surface area contributed by atoms with E-state index in [1.54, 1.807) is 6.26 Å². The molecule has 3 unspecified atom stereocenters. The van der Waals surface area contributed by atoms with Crippen molar-refractivity contribution in [3.05, 3.63) is 76.0 Å². The normalized spacial score (nSPS) is 28.9. The first-order valence-electron chi connectivity index (χ1n) is 9.02. The standard InChI is InChI=1S/C21H19ClN2O2S/c1-27(26)12-19(25)16-11-21-17-5-3-2-4-13(17)10-18(21)20(16)24(23-21)15-8-6-14(22)7-9-15/h2,4,6-11,17,23H,3,5,12H2,1H3. The SMILES string of the molecule is C[S+]([O-])CC(=O)C1=CC23NN(c4ccc(Cl)cc4)C1=C2C=C1C=CCCC13. The van der Waals surface area contributed by atoms with Crippen LogP contribution in [0.3, 0.4) is 0 Å². The maximum absolute atomic E-state index is 12.9. The fraction of sp³-hybridized carbons (Fsp3) is 0.286. The minimum atomic E-state index is -1.17. The van der Waals surface area contributed by atoms with Crippen LogP contribution >= 0.6 is 11.6 Å². The van der Waals surface area contributed by atoms with Crippen molar-refractivity contribution < 1.29 is 9.35 Å². The third kappa shape index (κ3) is 2.49. The molecule has 0 aromatic heterocycles. The van der Waals surface area contributed by atoms with E-state index in [1.807, 2.05) is 29.3 Å². The largest absolute Gasteiger partial charge is 0.616 e. The molecule has 1 aromatic rings. The highest BCUT2D eigenvalue weighted by Crippen LogP contribution is 2.56. The number of hydrazine groups is 1. The van der Waals surface area contributed by atoms with Crippen molar-refractivity contribution >= 4 is 34.2 Å². The molecule has 27 heavy (non-hydrogen) atoms. The minimum absolute atomic E-state index is 0.0499. The number of carbonyl (C=O) groups is 1. The molecule has 0 fully saturated rings. The molecule has 2 bridgehead atoms. The van der Waals surface area contributed by atoms with Gasteiger partial charge in [-0.3, -0.25) is 9.80 Å². The van der Waals surface area contributed by atoms with Gasteiger partial charge in [-0.2, -0.15) is 0 Å². The molecule has 4 aliphatic rings. The third-order valence-corrected chi connectivity index (χ3v) is 6.68. The van der Waals surface area contributed by atoms with Crippen LogP contribution in [0.25, 0.3) is 0 Å². The highest BCUT2D eigenvalue weighted by atomic mass is 35.5. The Hall–Kier alpha value is -1.79. The van der Waals surface area contributed by atoms with Crippen LogP contribution in [0.4, 0.5) is 5.69 Å². The summed E-state index contributed by atoms with van der Waals surface area (Å²) in [5.41, 5.74) is 8.26. The number of fused-ring (bicyclic) bond motifs is 1. The minimum Gasteiger partial charge on any atom is -0.616 e. The Bertz CT molecular complexity index is 961. The second kappa shape index (κ2) is 6.11. The van der Waals surface area contributed by atoms with Crippen LogP contribution in [0.5, 0.6) is 0 Å². The number of nitrogens with one attached hydrogen (secondary N) is 1. The van der Waals surface area contributed by atoms with Crippen molar-refractivity contribution in [3.63, 3.8) is 0 Å². The highest BCUT2D eigenvalue weighted by Gasteiger charge is 2.58. The molecular weight excluding hydrogens is 380 g/mol. The Morgan fingerprint density at radius 2 is 2.19 bits per heavy atom. The molecule has 3 aliphatic carbocycles. The Labute approximate surface area is 166 Å². The lowest BCUT2D eigenvalue weighted by molar-refractivity contribution is -0.113. The van der Waals surface area contributed by atoms with Gasteiger partial charge in [0.2, 0.25) is 5.78 Å². The summed E-state index contributed by atoms with van der Waals surface area (Å²) in [4.78, 5) is 12.9. The van der Waals surface area contributed by atoms with E-state index in [2.05, 4.69) is 29.7 Å². The van der Waals surface area contributed by atoms with Gasteiger partial charge in [0.25, 0.3) is 0 Å². The monoisotopic (exact) mass is 398 g/mol. The molecule has 5 rings (SSSR count). The van der Waals surface area contributed by atoms with Gasteiger partial charge in [-0.1, -0.05) is 29.8 Å². The number of hydrogen-bond donors (Lipinski definition) is 1. The zero-order valence-electron chi connectivity index (χ0n) is 14.9. The molecule has 1 aliphatic heterocycles. The summed E-state index contributed by atoms with van der Waals surface area (Å²) in [5, 5.41) is 2.68. The molecule has 4 nitrogen and oxygen atoms in total. The number of nitrogens with zero attached hydrogens (tertiary/aromatic N) is 1. The summed E-state index contributed by atoms with van der Waals surface area (Å²) < 4.78 is 11.7. The van der Waals surface area contributed by atoms with Crippen molar-refractivity contribution in [1.82, 2.24) is 5.43 Å². The maximum Gasteiger partial charge on any atom is 0.213 e. The van der Waals surface area contributed by atoms with Gasteiger partial charge in [0.1, 0.15) is 0 Å². The van der Waals surface area contributed by atoms with E-state index in [4.69, 9.17) is 11.6 Å². The molecular formula is C21H19ClN2O2S. The number of ketones is 1. The molecule has 3 atom stereocenters. The van der Waals surface area contributed by atoms with E-state index in [0.717, 1.165) is 29.8 Å². The predicted octanol–water partition coefficient (Wildman–Crippen LogP) is 3.45. The Balaban J connectivity index is 1.63. The van der Waals surface area contributed by atoms with Crippen LogP contribution in [0.2, 0.25) is 5.02 Å². The number of allylic oxidation sites excluding steroid dienone is 3. The Morgan fingerprint density at radius 3 is 2.93 bits per heavy atom. The van der Waals surface area contributed by atoms with Crippen LogP contribution in [0.15, 0.2) is 71.0 Å². The highest BCUT2D eigenvalue weighted by molar-refractivity contribution is 7.91. The van der Waals surface area contributed by atoms with Gasteiger partial charge >= 0.3 is 0 Å². The molecule has 1 aromatic carbocycles. The first-order valence-corrected chi connectivity index (χ1v) is 11.1. The van der Waals surface area contributed by atoms with Crippen molar-refractivity contribution in [2.24, 2.45) is 5.92 Å². The van der Waals surface area contributed by atoms with Crippen molar-refractivity contribution in [1.29, 1.82) is 0 Å². The molecule has 6 heteroatoms. The summed E-state index contributed by atoms with van der Waals surface area (Å²) >= 11 is 4.89. The van der Waals surface area contributed by atoms with Crippen molar-refractivity contribution in [2.45, 2.75) is 18.4 Å². The zero-order valence-corrected chi connectivity index (χ0v) is 16.4. The lowest BCUT2D eigenvalue weighted by atomic mass is 9.78. The molecule has 0 spiro atoms. The predicted molar refractivity (Wildman–Crippen MR) is 109 cm³/mol. The van der Waals surface area contributed by atoms with Crippen LogP contribution in [0.1, 0.15) is 12.8 Å². The van der Waals surface area contributed by atoms with Gasteiger partial charge in [0.05, 0.1) is 23.2 Å². The van der Waals surface area contributed by atoms with Crippen LogP contribution in [0, 0.1) is 5.92 Å². The lowest BCUT2D eigenvalue weighted by Gasteiger charge is -2.39. The maximum atomic E-state index is 12.9. The number of rotatable bonds is 4. The summed E-state index contributed by atoms with van der Waals surface area (Å²) in [6.07, 6.45) is 12.4. The van der Waals surface area contributed by atoms with Gasteiger partial charge in [-0.05, 0) is 59.9 Å². The average Bonchev–Trinajstić information content (AvgIpc) is 3.23. The van der Waals surface area contributed by atoms with E-state index in [9.17, 15) is 9.35 Å². The molecule has 138 valence electrons. The van der Waals surface area contributed by atoms with Gasteiger partial charge in [0.15, 0.2) is 5.75 Å². The second-order valence-electron chi connectivity index (χ2n) is 7.43. The van der Waals surface area contributed by atoms with E-state index in [-0.39, 0.29) is 17.1 Å². The van der Waals surface area contributed by atoms with Crippen LogP contribution < -0.4 is 10.4 Å². The van der Waals surface area contributed by atoms with Gasteiger partial charge in [0, 0.05) is 22.1 Å². The van der Waals surface area contributed by atoms with Crippen molar-refractivity contribution in [2.75, 3.05) is 17.0 Å². The average molecular weight is 399 g/mol. The van der Waals surface area contributed by atoms with E-state index in [1.165, 1.54) is 5.57 Å². The quantitative estimate of drug-likeness (QED) is 0.789. The first kappa shape index (κ1) is 17.3. The van der Waals surface area contributed by atoms with Crippen LogP contribution in [-0.2, 0) is 16.0 Å². The topological polar surface area (TPSA) is 55.4 Å². The molecule has 0 radical (unpaired) electrons. The lowest BCUT2D eigenvalue weighted by Crippen LogP contribution is -2.54. The number of anilines is 1. The van der Waals surface area contributed by atoms with E-state index < -0.39 is 11.2 Å². The Kier molecular flexibility index (Phi) is 3.92.